The molecule has 0 aliphatic carbocycles. The normalized spacial score (nSPS) is 10.6. The number of hydrogen-bond acceptors (Lipinski definition) is 8. The molecule has 0 aliphatic heterocycles. The Hall–Kier alpha value is -3.98. The van der Waals surface area contributed by atoms with Crippen LogP contribution < -0.4 is 21.3 Å². The summed E-state index contributed by atoms with van der Waals surface area (Å²) in [5.41, 5.74) is 7.24. The second-order valence-corrected chi connectivity index (χ2v) is 9.05. The minimum atomic E-state index is -0.607. The molecule has 2 aromatic carbocycles. The summed E-state index contributed by atoms with van der Waals surface area (Å²) in [5.74, 6) is 0.276. The number of halogens is 2. The molecule has 0 fully saturated rings. The lowest BCUT2D eigenvalue weighted by Crippen LogP contribution is -2.18. The van der Waals surface area contributed by atoms with Crippen molar-refractivity contribution in [3.05, 3.63) is 68.6 Å². The van der Waals surface area contributed by atoms with E-state index in [-0.39, 0.29) is 33.8 Å². The minimum Gasteiger partial charge on any atom is -0.497 e. The molecule has 0 aliphatic rings. The van der Waals surface area contributed by atoms with Crippen LogP contribution in [0, 0.1) is 11.3 Å². The van der Waals surface area contributed by atoms with E-state index in [0.29, 0.717) is 32.6 Å². The van der Waals surface area contributed by atoms with Crippen LogP contribution in [0.1, 0.15) is 5.56 Å². The van der Waals surface area contributed by atoms with Crippen LogP contribution >= 0.6 is 35.0 Å². The number of aromatic nitrogens is 4. The monoisotopic (exact) mass is 541 g/mol. The Morgan fingerprint density at radius 2 is 1.97 bits per heavy atom. The summed E-state index contributed by atoms with van der Waals surface area (Å²) in [7, 11) is 1.51. The van der Waals surface area contributed by atoms with Crippen LogP contribution in [-0.2, 0) is 4.79 Å². The number of aromatic amines is 2. The summed E-state index contributed by atoms with van der Waals surface area (Å²) >= 11 is 13.2. The van der Waals surface area contributed by atoms with E-state index in [2.05, 4.69) is 25.3 Å². The Bertz CT molecular complexity index is 1540. The lowest BCUT2D eigenvalue weighted by atomic mass is 10.1. The number of H-pyrrole nitrogens is 2. The number of hydrogen-bond donors (Lipinski definition) is 4. The maximum atomic E-state index is 12.5. The van der Waals surface area contributed by atoms with Gasteiger partial charge >= 0.3 is 0 Å². The lowest BCUT2D eigenvalue weighted by molar-refractivity contribution is -0.113. The highest BCUT2D eigenvalue weighted by Crippen LogP contribution is 2.33. The van der Waals surface area contributed by atoms with Crippen molar-refractivity contribution in [1.82, 2.24) is 19.9 Å². The number of nitrogens with two attached hydrogens (primary N) is 1. The van der Waals surface area contributed by atoms with Crippen molar-refractivity contribution < 1.29 is 9.53 Å². The topological polar surface area (TPSA) is 163 Å². The van der Waals surface area contributed by atoms with Gasteiger partial charge in [-0.15, -0.1) is 0 Å². The Morgan fingerprint density at radius 1 is 1.22 bits per heavy atom. The molecule has 2 aromatic heterocycles. The van der Waals surface area contributed by atoms with E-state index in [4.69, 9.17) is 33.7 Å². The van der Waals surface area contributed by atoms with Gasteiger partial charge in [0.2, 0.25) is 11.9 Å². The van der Waals surface area contributed by atoms with Crippen LogP contribution in [0.2, 0.25) is 10.0 Å². The van der Waals surface area contributed by atoms with Gasteiger partial charge in [-0.25, -0.2) is 9.97 Å². The SMILES string of the molecule is COc1cccc(-c2nc(SCC(=O)Nc3ncc(-c4cc(Cl)c(N)c(Cl)c4)[nH]3)[nH]c(=O)c2C#N)c1. The average Bonchev–Trinajstić information content (AvgIpc) is 3.33. The van der Waals surface area contributed by atoms with E-state index in [1.165, 1.54) is 13.3 Å². The summed E-state index contributed by atoms with van der Waals surface area (Å²) in [6.45, 7) is 0. The molecular formula is C23H17Cl2N7O3S. The van der Waals surface area contributed by atoms with Gasteiger partial charge in [0.15, 0.2) is 5.16 Å². The van der Waals surface area contributed by atoms with Crippen molar-refractivity contribution in [2.75, 3.05) is 23.9 Å². The van der Waals surface area contributed by atoms with Crippen molar-refractivity contribution in [2.24, 2.45) is 0 Å². The second kappa shape index (κ2) is 10.7. The third kappa shape index (κ3) is 5.46. The van der Waals surface area contributed by atoms with E-state index in [9.17, 15) is 14.9 Å². The fourth-order valence-corrected chi connectivity index (χ4v) is 4.32. The van der Waals surface area contributed by atoms with Gasteiger partial charge in [0, 0.05) is 11.1 Å². The summed E-state index contributed by atoms with van der Waals surface area (Å²) in [4.78, 5) is 39.0. The van der Waals surface area contributed by atoms with Gasteiger partial charge in [0.1, 0.15) is 17.4 Å². The molecule has 1 amide bonds. The first-order chi connectivity index (χ1) is 17.3. The molecule has 36 heavy (non-hydrogen) atoms. The number of thioether (sulfide) groups is 1. The molecule has 4 rings (SSSR count). The number of rotatable bonds is 7. The van der Waals surface area contributed by atoms with Gasteiger partial charge in [0.25, 0.3) is 5.56 Å². The summed E-state index contributed by atoms with van der Waals surface area (Å²) in [5, 5.41) is 12.9. The van der Waals surface area contributed by atoms with Gasteiger partial charge in [-0.3, -0.25) is 14.9 Å². The lowest BCUT2D eigenvalue weighted by Gasteiger charge is -2.08. The number of imidazole rings is 1. The number of carbonyl (C=O) groups is 1. The number of amides is 1. The molecule has 0 spiro atoms. The molecule has 10 nitrogen and oxygen atoms in total. The van der Waals surface area contributed by atoms with Crippen molar-refractivity contribution in [1.29, 1.82) is 5.26 Å². The average molecular weight is 542 g/mol. The van der Waals surface area contributed by atoms with Gasteiger partial charge < -0.3 is 20.4 Å². The minimum absolute atomic E-state index is 0.0814. The van der Waals surface area contributed by atoms with Gasteiger partial charge in [-0.1, -0.05) is 47.1 Å². The molecule has 0 bridgehead atoms. The molecule has 4 aromatic rings. The maximum absolute atomic E-state index is 12.5. The Labute approximate surface area is 218 Å². The number of benzene rings is 2. The molecule has 0 saturated carbocycles. The van der Waals surface area contributed by atoms with E-state index >= 15 is 0 Å². The second-order valence-electron chi connectivity index (χ2n) is 7.27. The van der Waals surface area contributed by atoms with E-state index in [1.807, 2.05) is 6.07 Å². The Balaban J connectivity index is 1.48. The van der Waals surface area contributed by atoms with E-state index in [1.54, 1.807) is 36.4 Å². The third-order valence-electron chi connectivity index (χ3n) is 4.92. The number of nitrogens with one attached hydrogen (secondary N) is 3. The maximum Gasteiger partial charge on any atom is 0.270 e. The van der Waals surface area contributed by atoms with Crippen LogP contribution in [0.25, 0.3) is 22.5 Å². The van der Waals surface area contributed by atoms with E-state index < -0.39 is 11.5 Å². The van der Waals surface area contributed by atoms with Crippen molar-refractivity contribution in [3.63, 3.8) is 0 Å². The number of anilines is 2. The van der Waals surface area contributed by atoms with Crippen LogP contribution in [-0.4, -0.2) is 38.7 Å². The summed E-state index contributed by atoms with van der Waals surface area (Å²) in [6, 6.07) is 12.0. The molecule has 0 unspecified atom stereocenters. The van der Waals surface area contributed by atoms with Crippen LogP contribution in [0.4, 0.5) is 11.6 Å². The molecule has 13 heteroatoms. The van der Waals surface area contributed by atoms with Crippen molar-refractivity contribution in [2.45, 2.75) is 5.16 Å². The molecule has 182 valence electrons. The zero-order chi connectivity index (χ0) is 25.8. The summed E-state index contributed by atoms with van der Waals surface area (Å²) < 4.78 is 5.21. The van der Waals surface area contributed by atoms with Crippen LogP contribution in [0.15, 0.2) is 52.5 Å². The Kier molecular flexibility index (Phi) is 7.49. The number of nitrogen functional groups attached to an aromatic ring is 1. The van der Waals surface area contributed by atoms with Gasteiger partial charge in [0.05, 0.1) is 46.2 Å². The van der Waals surface area contributed by atoms with Crippen molar-refractivity contribution in [3.8, 4) is 34.3 Å². The highest BCUT2D eigenvalue weighted by atomic mass is 35.5. The third-order valence-corrected chi connectivity index (χ3v) is 6.42. The molecule has 0 saturated heterocycles. The number of ether oxygens (including phenoxy) is 1. The summed E-state index contributed by atoms with van der Waals surface area (Å²) in [6.07, 6.45) is 1.51. The van der Waals surface area contributed by atoms with Gasteiger partial charge in [-0.05, 0) is 24.3 Å². The Morgan fingerprint density at radius 3 is 2.67 bits per heavy atom. The molecule has 0 radical (unpaired) electrons. The zero-order valence-corrected chi connectivity index (χ0v) is 20.9. The highest BCUT2D eigenvalue weighted by molar-refractivity contribution is 7.99. The first-order valence-electron chi connectivity index (χ1n) is 10.2. The highest BCUT2D eigenvalue weighted by Gasteiger charge is 2.16. The standard InChI is InChI=1S/C23H17Cl2N7O3S/c1-35-13-4-2-3-11(5-13)20-14(8-26)21(34)32-23(31-20)36-10-18(33)30-22-28-9-17(29-22)12-6-15(24)19(27)16(25)7-12/h2-7,9H,10,27H2,1H3,(H,31,32,34)(H2,28,29,30,33). The predicted molar refractivity (Wildman–Crippen MR) is 139 cm³/mol. The molecule has 2 heterocycles. The molecule has 5 N–H and O–H groups in total. The first-order valence-corrected chi connectivity index (χ1v) is 11.9. The predicted octanol–water partition coefficient (Wildman–Crippen LogP) is 4.33. The number of nitriles is 1. The molecular weight excluding hydrogens is 525 g/mol. The fourth-order valence-electron chi connectivity index (χ4n) is 3.18. The molecule has 0 atom stereocenters. The van der Waals surface area contributed by atoms with Crippen molar-refractivity contribution >= 4 is 52.5 Å². The number of methoxy groups -OCH3 is 1. The first kappa shape index (κ1) is 25.1. The smallest absolute Gasteiger partial charge is 0.270 e. The van der Waals surface area contributed by atoms with Crippen LogP contribution in [0.3, 0.4) is 0 Å². The number of carbonyl (C=O) groups excluding carboxylic acids is 1. The largest absolute Gasteiger partial charge is 0.497 e. The quantitative estimate of drug-likeness (QED) is 0.152. The van der Waals surface area contributed by atoms with Crippen LogP contribution in [0.5, 0.6) is 5.75 Å². The zero-order valence-electron chi connectivity index (χ0n) is 18.6. The van der Waals surface area contributed by atoms with E-state index in [0.717, 1.165) is 11.8 Å². The van der Waals surface area contributed by atoms with Gasteiger partial charge in [-0.2, -0.15) is 5.26 Å². The number of nitrogens with zero attached hydrogens (tertiary/aromatic N) is 3. The fraction of sp³-hybridized carbons (Fsp3) is 0.0870.